The van der Waals surface area contributed by atoms with Gasteiger partial charge in [0.1, 0.15) is 28.5 Å². The topological polar surface area (TPSA) is 0 Å². The van der Waals surface area contributed by atoms with E-state index in [1.807, 2.05) is 0 Å². The van der Waals surface area contributed by atoms with E-state index in [1.165, 1.54) is 32.3 Å². The predicted octanol–water partition coefficient (Wildman–Crippen LogP) is 6.55. The summed E-state index contributed by atoms with van der Waals surface area (Å²) in [5.41, 5.74) is 2.77. The number of rotatable bonds is 6. The van der Waals surface area contributed by atoms with Gasteiger partial charge in [-0.25, -0.2) is 0 Å². The molecule has 0 radical (unpaired) electrons. The molecule has 0 saturated carbocycles. The van der Waals surface area contributed by atoms with Crippen LogP contribution in [0.25, 0.3) is 0 Å². The Balaban J connectivity index is 2.04. The van der Waals surface area contributed by atoms with E-state index in [9.17, 15) is 0 Å². The van der Waals surface area contributed by atoms with E-state index >= 15 is 0 Å². The van der Waals surface area contributed by atoms with Crippen molar-refractivity contribution in [3.63, 3.8) is 0 Å². The highest BCUT2D eigenvalue weighted by atomic mass is 31.2. The minimum absolute atomic E-state index is 0.528. The van der Waals surface area contributed by atoms with Gasteiger partial charge >= 0.3 is 0 Å². The van der Waals surface area contributed by atoms with Gasteiger partial charge in [-0.3, -0.25) is 0 Å². The molecule has 0 fully saturated rings. The first kappa shape index (κ1) is 21.5. The summed E-state index contributed by atoms with van der Waals surface area (Å²) in [5.74, 6) is 1.06. The van der Waals surface area contributed by atoms with Crippen molar-refractivity contribution in [3.05, 3.63) is 120 Å². The first-order chi connectivity index (χ1) is 15.0. The highest BCUT2D eigenvalue weighted by Crippen LogP contribution is 2.54. The van der Waals surface area contributed by atoms with Crippen LogP contribution in [0.2, 0.25) is 0 Å². The standard InChI is InChI=1S/C30H32P/c1-23(2)25-15-19-29(20-16-25)31(27-11-7-5-8-12-27,28-13-9-6-10-14-28)30-21-17-26(18-22-30)24(3)4/h5-24H,1-4H3/q+1. The second-order valence-corrected chi connectivity index (χ2v) is 12.2. The number of benzene rings is 4. The lowest BCUT2D eigenvalue weighted by Crippen LogP contribution is -2.38. The largest absolute Gasteiger partial charge is 0.144 e. The van der Waals surface area contributed by atoms with Crippen LogP contribution >= 0.6 is 7.26 Å². The molecule has 4 aromatic rings. The van der Waals surface area contributed by atoms with Gasteiger partial charge in [-0.2, -0.15) is 0 Å². The van der Waals surface area contributed by atoms with Crippen LogP contribution in [0, 0.1) is 0 Å². The van der Waals surface area contributed by atoms with E-state index in [2.05, 4.69) is 137 Å². The van der Waals surface area contributed by atoms with Gasteiger partial charge < -0.3 is 0 Å². The summed E-state index contributed by atoms with van der Waals surface area (Å²) in [6.07, 6.45) is 0. The molecule has 0 aromatic heterocycles. The Morgan fingerprint density at radius 1 is 0.387 bits per heavy atom. The Hall–Kier alpha value is -2.69. The summed E-state index contributed by atoms with van der Waals surface area (Å²) < 4.78 is 0. The van der Waals surface area contributed by atoms with Crippen molar-refractivity contribution in [2.45, 2.75) is 39.5 Å². The Labute approximate surface area is 188 Å². The van der Waals surface area contributed by atoms with Gasteiger partial charge in [-0.05, 0) is 71.5 Å². The molecular weight excluding hydrogens is 391 g/mol. The van der Waals surface area contributed by atoms with Crippen molar-refractivity contribution in [2.75, 3.05) is 0 Å². The molecule has 1 heteroatoms. The Kier molecular flexibility index (Phi) is 6.40. The maximum Gasteiger partial charge on any atom is 0.144 e. The molecule has 0 aliphatic heterocycles. The summed E-state index contributed by atoms with van der Waals surface area (Å²) >= 11 is 0. The van der Waals surface area contributed by atoms with E-state index in [0.29, 0.717) is 11.8 Å². The number of hydrogen-bond donors (Lipinski definition) is 0. The van der Waals surface area contributed by atoms with E-state index < -0.39 is 7.26 Å². The molecule has 0 spiro atoms. The van der Waals surface area contributed by atoms with Gasteiger partial charge in [0, 0.05) is 0 Å². The molecule has 0 N–H and O–H groups in total. The average Bonchev–Trinajstić information content (AvgIpc) is 2.82. The summed E-state index contributed by atoms with van der Waals surface area (Å²) in [5, 5.41) is 5.62. The summed E-state index contributed by atoms with van der Waals surface area (Å²) in [7, 11) is -2.01. The molecule has 0 saturated heterocycles. The zero-order valence-corrected chi connectivity index (χ0v) is 19.9. The SMILES string of the molecule is CC(C)c1ccc([P+](c2ccccc2)(c2ccccc2)c2ccc(C(C)C)cc2)cc1. The molecule has 0 nitrogen and oxygen atoms in total. The van der Waals surface area contributed by atoms with E-state index in [1.54, 1.807) is 0 Å². The third-order valence-corrected chi connectivity index (χ3v) is 10.5. The second kappa shape index (κ2) is 9.21. The molecule has 0 heterocycles. The molecule has 4 aromatic carbocycles. The van der Waals surface area contributed by atoms with Gasteiger partial charge in [0.05, 0.1) is 0 Å². The molecule has 0 atom stereocenters. The van der Waals surface area contributed by atoms with Crippen LogP contribution in [0.4, 0.5) is 0 Å². The fraction of sp³-hybridized carbons (Fsp3) is 0.200. The Morgan fingerprint density at radius 3 is 0.968 bits per heavy atom. The fourth-order valence-electron chi connectivity index (χ4n) is 4.36. The van der Waals surface area contributed by atoms with Gasteiger partial charge in [-0.15, -0.1) is 0 Å². The quantitative estimate of drug-likeness (QED) is 0.308. The van der Waals surface area contributed by atoms with Crippen LogP contribution in [-0.2, 0) is 0 Å². The lowest BCUT2D eigenvalue weighted by Gasteiger charge is -2.28. The van der Waals surface area contributed by atoms with E-state index in [-0.39, 0.29) is 0 Å². The van der Waals surface area contributed by atoms with Crippen molar-refractivity contribution in [2.24, 2.45) is 0 Å². The fourth-order valence-corrected chi connectivity index (χ4v) is 8.58. The zero-order chi connectivity index (χ0) is 21.8. The minimum atomic E-state index is -2.01. The Morgan fingerprint density at radius 2 is 0.677 bits per heavy atom. The monoisotopic (exact) mass is 423 g/mol. The van der Waals surface area contributed by atoms with Crippen LogP contribution in [0.1, 0.15) is 50.7 Å². The third kappa shape index (κ3) is 4.10. The average molecular weight is 424 g/mol. The van der Waals surface area contributed by atoms with Crippen LogP contribution in [0.3, 0.4) is 0 Å². The molecule has 156 valence electrons. The highest BCUT2D eigenvalue weighted by molar-refractivity contribution is 8.01. The van der Waals surface area contributed by atoms with E-state index in [4.69, 9.17) is 0 Å². The minimum Gasteiger partial charge on any atom is -0.0620 e. The Bertz CT molecular complexity index is 1000. The van der Waals surface area contributed by atoms with Gasteiger partial charge in [0.25, 0.3) is 0 Å². The van der Waals surface area contributed by atoms with E-state index in [0.717, 1.165) is 0 Å². The maximum absolute atomic E-state index is 2.37. The zero-order valence-electron chi connectivity index (χ0n) is 19.0. The predicted molar refractivity (Wildman–Crippen MR) is 139 cm³/mol. The molecule has 0 unspecified atom stereocenters. The molecule has 0 aliphatic rings. The highest BCUT2D eigenvalue weighted by Gasteiger charge is 2.47. The van der Waals surface area contributed by atoms with Crippen molar-refractivity contribution < 1.29 is 0 Å². The summed E-state index contributed by atoms with van der Waals surface area (Å²) in [4.78, 5) is 0. The summed E-state index contributed by atoms with van der Waals surface area (Å²) in [6, 6.07) is 41.0. The van der Waals surface area contributed by atoms with Crippen molar-refractivity contribution >= 4 is 28.5 Å². The molecular formula is C30H32P+. The van der Waals surface area contributed by atoms with Crippen LogP contribution < -0.4 is 21.2 Å². The molecule has 31 heavy (non-hydrogen) atoms. The van der Waals surface area contributed by atoms with Gasteiger partial charge in [0.2, 0.25) is 0 Å². The van der Waals surface area contributed by atoms with Crippen molar-refractivity contribution in [1.82, 2.24) is 0 Å². The third-order valence-electron chi connectivity index (χ3n) is 6.18. The number of hydrogen-bond acceptors (Lipinski definition) is 0. The molecule has 0 aliphatic carbocycles. The van der Waals surface area contributed by atoms with Crippen molar-refractivity contribution in [1.29, 1.82) is 0 Å². The maximum atomic E-state index is 2.37. The van der Waals surface area contributed by atoms with Crippen LogP contribution in [0.5, 0.6) is 0 Å². The first-order valence-corrected chi connectivity index (χ1v) is 13.0. The molecule has 0 amide bonds. The molecule has 4 rings (SSSR count). The molecule has 0 bridgehead atoms. The van der Waals surface area contributed by atoms with Crippen LogP contribution in [-0.4, -0.2) is 0 Å². The lowest BCUT2D eigenvalue weighted by molar-refractivity contribution is 0.867. The first-order valence-electron chi connectivity index (χ1n) is 11.2. The van der Waals surface area contributed by atoms with Crippen molar-refractivity contribution in [3.8, 4) is 0 Å². The smallest absolute Gasteiger partial charge is 0.0620 e. The van der Waals surface area contributed by atoms with Gasteiger partial charge in [-0.1, -0.05) is 88.4 Å². The summed E-state index contributed by atoms with van der Waals surface area (Å²) in [6.45, 7) is 9.04. The van der Waals surface area contributed by atoms with Gasteiger partial charge in [0.15, 0.2) is 0 Å². The second-order valence-electron chi connectivity index (χ2n) is 8.83. The lowest BCUT2D eigenvalue weighted by atomic mass is 10.0. The normalized spacial score (nSPS) is 11.8. The van der Waals surface area contributed by atoms with Crippen LogP contribution in [0.15, 0.2) is 109 Å².